The van der Waals surface area contributed by atoms with Gasteiger partial charge < -0.3 is 4.55 Å². The largest absolute Gasteiger partial charge is 0.772 e. The number of hydrogen-bond donors (Lipinski definition) is 0. The van der Waals surface area contributed by atoms with Crippen LogP contribution in [0.15, 0.2) is 0 Å². The first kappa shape index (κ1) is 13.1. The van der Waals surface area contributed by atoms with Gasteiger partial charge in [-0.15, -0.1) is 0 Å². The van der Waals surface area contributed by atoms with E-state index in [0.717, 1.165) is 25.7 Å². The Hall–Kier alpha value is 0.110. The van der Waals surface area contributed by atoms with Crippen LogP contribution in [0.3, 0.4) is 0 Å². The third-order valence-corrected chi connectivity index (χ3v) is 3.28. The van der Waals surface area contributed by atoms with Gasteiger partial charge in [-0.3, -0.25) is 4.21 Å². The fraction of sp³-hybridized carbons (Fsp3) is 1.00. The number of hydrogen-bond acceptors (Lipinski definition) is 2. The van der Waals surface area contributed by atoms with E-state index >= 15 is 0 Å². The summed E-state index contributed by atoms with van der Waals surface area (Å²) in [5, 5.41) is -0.0955. The summed E-state index contributed by atoms with van der Waals surface area (Å²) in [6, 6.07) is 0. The van der Waals surface area contributed by atoms with Crippen LogP contribution in [-0.2, 0) is 11.1 Å². The first-order valence-corrected chi connectivity index (χ1v) is 6.44. The fourth-order valence-electron chi connectivity index (χ4n) is 1.46. The van der Waals surface area contributed by atoms with E-state index < -0.39 is 11.1 Å². The first-order valence-electron chi connectivity index (χ1n) is 5.30. The molecule has 0 aromatic carbocycles. The predicted molar refractivity (Wildman–Crippen MR) is 56.4 cm³/mol. The molecule has 0 radical (unpaired) electrons. The van der Waals surface area contributed by atoms with Crippen LogP contribution in [0.1, 0.15) is 58.8 Å². The van der Waals surface area contributed by atoms with Crippen LogP contribution < -0.4 is 0 Å². The van der Waals surface area contributed by atoms with Crippen LogP contribution >= 0.6 is 0 Å². The molecule has 2 nitrogen and oxygen atoms in total. The molecule has 3 heteroatoms. The Kier molecular flexibility index (Phi) is 8.77. The number of rotatable bonds is 8. The smallest absolute Gasteiger partial charge is 0.0215 e. The molecule has 0 saturated heterocycles. The van der Waals surface area contributed by atoms with Crippen molar-refractivity contribution in [3.63, 3.8) is 0 Å². The quantitative estimate of drug-likeness (QED) is 0.451. The summed E-state index contributed by atoms with van der Waals surface area (Å²) < 4.78 is 21.5. The van der Waals surface area contributed by atoms with Gasteiger partial charge in [0.15, 0.2) is 0 Å². The van der Waals surface area contributed by atoms with Crippen LogP contribution in [0, 0.1) is 0 Å². The van der Waals surface area contributed by atoms with E-state index in [4.69, 9.17) is 0 Å². The lowest BCUT2D eigenvalue weighted by atomic mass is 10.1. The Balaban J connectivity index is 3.51. The maximum absolute atomic E-state index is 10.8. The average Bonchev–Trinajstić information content (AvgIpc) is 2.10. The Morgan fingerprint density at radius 2 is 1.77 bits per heavy atom. The molecule has 0 N–H and O–H groups in total. The second kappa shape index (κ2) is 8.70. The highest BCUT2D eigenvalue weighted by atomic mass is 32.2. The molecule has 2 atom stereocenters. The molecule has 0 aromatic rings. The topological polar surface area (TPSA) is 40.1 Å². The maximum atomic E-state index is 10.8. The molecule has 0 aromatic heterocycles. The third-order valence-electron chi connectivity index (χ3n) is 2.26. The molecule has 13 heavy (non-hydrogen) atoms. The van der Waals surface area contributed by atoms with E-state index in [1.807, 2.05) is 6.92 Å². The molecule has 0 bridgehead atoms. The van der Waals surface area contributed by atoms with Crippen molar-refractivity contribution in [3.8, 4) is 0 Å². The van der Waals surface area contributed by atoms with E-state index in [1.165, 1.54) is 19.3 Å². The molecule has 0 aliphatic heterocycles. The molecular weight excluding hydrogens is 184 g/mol. The fourth-order valence-corrected chi connectivity index (χ4v) is 2.24. The summed E-state index contributed by atoms with van der Waals surface area (Å²) in [6.07, 6.45) is 7.31. The Labute approximate surface area is 84.4 Å². The van der Waals surface area contributed by atoms with Gasteiger partial charge in [-0.2, -0.15) is 0 Å². The predicted octanol–water partition coefficient (Wildman–Crippen LogP) is 3.00. The van der Waals surface area contributed by atoms with Gasteiger partial charge in [-0.1, -0.05) is 57.0 Å². The molecule has 0 heterocycles. The molecule has 2 unspecified atom stereocenters. The molecule has 80 valence electrons. The van der Waals surface area contributed by atoms with Crippen LogP contribution in [0.4, 0.5) is 0 Å². The summed E-state index contributed by atoms with van der Waals surface area (Å²) in [6.45, 7) is 4.20. The molecule has 0 amide bonds. The standard InChI is InChI=1S/C10H22O2S/c1-3-5-6-7-9-10(8-4-2)13(11)12/h10H,3-9H2,1-2H3,(H,11,12)/p-1. The van der Waals surface area contributed by atoms with Crippen molar-refractivity contribution >= 4 is 11.1 Å². The van der Waals surface area contributed by atoms with E-state index in [2.05, 4.69) is 6.92 Å². The van der Waals surface area contributed by atoms with Crippen molar-refractivity contribution in [1.29, 1.82) is 0 Å². The normalized spacial score (nSPS) is 15.6. The lowest BCUT2D eigenvalue weighted by molar-refractivity contribution is 0.497. The SMILES string of the molecule is CCCCCCC(CCC)S(=O)[O-]. The minimum absolute atomic E-state index is 0.0955. The lowest BCUT2D eigenvalue weighted by Gasteiger charge is -2.18. The summed E-state index contributed by atoms with van der Waals surface area (Å²) in [5.74, 6) is 0. The third kappa shape index (κ3) is 7.20. The minimum atomic E-state index is -1.86. The first-order chi connectivity index (χ1) is 6.22. The van der Waals surface area contributed by atoms with E-state index in [1.54, 1.807) is 0 Å². The maximum Gasteiger partial charge on any atom is 0.0215 e. The van der Waals surface area contributed by atoms with Gasteiger partial charge in [-0.25, -0.2) is 0 Å². The van der Waals surface area contributed by atoms with Crippen molar-refractivity contribution in [2.24, 2.45) is 0 Å². The Bertz CT molecular complexity index is 137. The second-order valence-electron chi connectivity index (χ2n) is 3.52. The van der Waals surface area contributed by atoms with Crippen LogP contribution in [0.25, 0.3) is 0 Å². The van der Waals surface area contributed by atoms with Crippen LogP contribution in [0.2, 0.25) is 0 Å². The summed E-state index contributed by atoms with van der Waals surface area (Å²) in [5.41, 5.74) is 0. The Morgan fingerprint density at radius 1 is 1.08 bits per heavy atom. The van der Waals surface area contributed by atoms with Crippen LogP contribution in [-0.4, -0.2) is 14.0 Å². The molecule has 0 saturated carbocycles. The second-order valence-corrected chi connectivity index (χ2v) is 4.71. The van der Waals surface area contributed by atoms with Gasteiger partial charge in [-0.05, 0) is 12.8 Å². The van der Waals surface area contributed by atoms with Gasteiger partial charge in [0, 0.05) is 5.25 Å². The highest BCUT2D eigenvalue weighted by molar-refractivity contribution is 7.79. The van der Waals surface area contributed by atoms with Gasteiger partial charge in [0.2, 0.25) is 0 Å². The van der Waals surface area contributed by atoms with Crippen molar-refractivity contribution in [3.05, 3.63) is 0 Å². The van der Waals surface area contributed by atoms with E-state index in [9.17, 15) is 8.76 Å². The summed E-state index contributed by atoms with van der Waals surface area (Å²) in [7, 11) is 0. The monoisotopic (exact) mass is 205 g/mol. The zero-order valence-corrected chi connectivity index (χ0v) is 9.57. The molecule has 0 aliphatic rings. The Morgan fingerprint density at radius 3 is 2.23 bits per heavy atom. The molecule has 0 aliphatic carbocycles. The van der Waals surface area contributed by atoms with E-state index in [0.29, 0.717) is 0 Å². The average molecular weight is 205 g/mol. The summed E-state index contributed by atoms with van der Waals surface area (Å²) >= 11 is -1.86. The van der Waals surface area contributed by atoms with Gasteiger partial charge >= 0.3 is 0 Å². The van der Waals surface area contributed by atoms with Crippen molar-refractivity contribution < 1.29 is 8.76 Å². The minimum Gasteiger partial charge on any atom is -0.772 e. The van der Waals surface area contributed by atoms with Gasteiger partial charge in [0.1, 0.15) is 0 Å². The molecule has 0 spiro atoms. The molecule has 0 fully saturated rings. The number of unbranched alkanes of at least 4 members (excludes halogenated alkanes) is 3. The highest BCUT2D eigenvalue weighted by Crippen LogP contribution is 2.13. The van der Waals surface area contributed by atoms with Crippen molar-refractivity contribution in [2.45, 2.75) is 64.0 Å². The lowest BCUT2D eigenvalue weighted by Crippen LogP contribution is -2.14. The van der Waals surface area contributed by atoms with Crippen molar-refractivity contribution in [1.82, 2.24) is 0 Å². The molecular formula is C10H21O2S-. The van der Waals surface area contributed by atoms with Gasteiger partial charge in [0.25, 0.3) is 0 Å². The zero-order chi connectivity index (χ0) is 10.1. The summed E-state index contributed by atoms with van der Waals surface area (Å²) in [4.78, 5) is 0. The zero-order valence-electron chi connectivity index (χ0n) is 8.75. The van der Waals surface area contributed by atoms with Crippen LogP contribution in [0.5, 0.6) is 0 Å². The highest BCUT2D eigenvalue weighted by Gasteiger charge is 2.06. The van der Waals surface area contributed by atoms with E-state index in [-0.39, 0.29) is 5.25 Å². The van der Waals surface area contributed by atoms with Gasteiger partial charge in [0.05, 0.1) is 0 Å². The molecule has 0 rings (SSSR count). The van der Waals surface area contributed by atoms with Crippen molar-refractivity contribution in [2.75, 3.05) is 0 Å².